The molecule has 1 saturated carbocycles. The minimum Gasteiger partial charge on any atom is -0.481 e. The van der Waals surface area contributed by atoms with Crippen molar-refractivity contribution in [3.63, 3.8) is 0 Å². The van der Waals surface area contributed by atoms with E-state index in [0.29, 0.717) is 17.3 Å². The topological polar surface area (TPSA) is 47.0 Å². The second kappa shape index (κ2) is 5.12. The molecule has 1 unspecified atom stereocenters. The van der Waals surface area contributed by atoms with Gasteiger partial charge >= 0.3 is 0 Å². The number of nitrogens with zero attached hydrogens (tertiary/aromatic N) is 2. The maximum atomic E-state index is 5.22. The molecule has 0 radical (unpaired) electrons. The number of ether oxygens (including phenoxy) is 1. The van der Waals surface area contributed by atoms with Gasteiger partial charge in [-0.1, -0.05) is 20.3 Å². The van der Waals surface area contributed by atoms with Crippen LogP contribution in [0.3, 0.4) is 0 Å². The third kappa shape index (κ3) is 2.92. The van der Waals surface area contributed by atoms with Gasteiger partial charge in [-0.15, -0.1) is 0 Å². The molecule has 4 nitrogen and oxygen atoms in total. The summed E-state index contributed by atoms with van der Waals surface area (Å²) in [7, 11) is 1.64. The van der Waals surface area contributed by atoms with Crippen LogP contribution in [-0.2, 0) is 0 Å². The highest BCUT2D eigenvalue weighted by Crippen LogP contribution is 2.36. The molecule has 0 spiro atoms. The van der Waals surface area contributed by atoms with Crippen molar-refractivity contribution < 1.29 is 4.74 Å². The largest absolute Gasteiger partial charge is 0.481 e. The Balaban J connectivity index is 2.09. The van der Waals surface area contributed by atoms with E-state index in [1.54, 1.807) is 13.4 Å². The van der Waals surface area contributed by atoms with Crippen molar-refractivity contribution in [1.82, 2.24) is 9.97 Å². The van der Waals surface area contributed by atoms with Crippen LogP contribution in [0.2, 0.25) is 0 Å². The lowest BCUT2D eigenvalue weighted by molar-refractivity contribution is 0.229. The van der Waals surface area contributed by atoms with Gasteiger partial charge in [0, 0.05) is 6.04 Å². The lowest BCUT2D eigenvalue weighted by Gasteiger charge is -2.36. The fourth-order valence-electron chi connectivity index (χ4n) is 2.80. The molecule has 1 aromatic rings. The molecule has 2 rings (SSSR count). The van der Waals surface area contributed by atoms with E-state index in [4.69, 9.17) is 4.74 Å². The molecule has 4 heteroatoms. The van der Waals surface area contributed by atoms with E-state index in [1.807, 2.05) is 6.92 Å². The van der Waals surface area contributed by atoms with Gasteiger partial charge in [0.15, 0.2) is 0 Å². The molecule has 1 fully saturated rings. The highest BCUT2D eigenvalue weighted by Gasteiger charge is 2.28. The Morgan fingerprint density at radius 2 is 2.17 bits per heavy atom. The van der Waals surface area contributed by atoms with Crippen molar-refractivity contribution in [2.45, 2.75) is 52.5 Å². The fraction of sp³-hybridized carbons (Fsp3) is 0.714. The molecule has 0 aliphatic heterocycles. The average Bonchev–Trinajstić information content (AvgIpc) is 2.31. The second-order valence-electron chi connectivity index (χ2n) is 5.96. The third-order valence-electron chi connectivity index (χ3n) is 3.78. The highest BCUT2D eigenvalue weighted by molar-refractivity contribution is 5.48. The molecule has 1 aromatic heterocycles. The Morgan fingerprint density at radius 1 is 1.39 bits per heavy atom. The number of anilines is 1. The van der Waals surface area contributed by atoms with Gasteiger partial charge in [0.25, 0.3) is 0 Å². The highest BCUT2D eigenvalue weighted by atomic mass is 16.5. The summed E-state index contributed by atoms with van der Waals surface area (Å²) in [6.07, 6.45) is 6.57. The molecular formula is C14H23N3O. The Bertz CT molecular complexity index is 418. The fourth-order valence-corrected chi connectivity index (χ4v) is 2.80. The number of methoxy groups -OCH3 is 1. The summed E-state index contributed by atoms with van der Waals surface area (Å²) in [6, 6.07) is 0.507. The molecule has 0 amide bonds. The van der Waals surface area contributed by atoms with Crippen molar-refractivity contribution in [3.05, 3.63) is 11.9 Å². The van der Waals surface area contributed by atoms with Crippen molar-refractivity contribution in [3.8, 4) is 5.88 Å². The summed E-state index contributed by atoms with van der Waals surface area (Å²) in [5, 5.41) is 3.55. The van der Waals surface area contributed by atoms with Crippen molar-refractivity contribution in [2.24, 2.45) is 5.41 Å². The summed E-state index contributed by atoms with van der Waals surface area (Å²) in [5.74, 6) is 1.56. The molecule has 100 valence electrons. The smallest absolute Gasteiger partial charge is 0.221 e. The first-order chi connectivity index (χ1) is 8.52. The van der Waals surface area contributed by atoms with Crippen LogP contribution in [0.1, 0.15) is 45.1 Å². The van der Waals surface area contributed by atoms with Gasteiger partial charge in [-0.2, -0.15) is 0 Å². The summed E-state index contributed by atoms with van der Waals surface area (Å²) in [4.78, 5) is 8.43. The first-order valence-electron chi connectivity index (χ1n) is 6.64. The minimum absolute atomic E-state index is 0.431. The first-order valence-corrected chi connectivity index (χ1v) is 6.64. The number of nitrogens with one attached hydrogen (secondary N) is 1. The van der Waals surface area contributed by atoms with E-state index in [9.17, 15) is 0 Å². The van der Waals surface area contributed by atoms with Crippen LogP contribution >= 0.6 is 0 Å². The second-order valence-corrected chi connectivity index (χ2v) is 5.96. The van der Waals surface area contributed by atoms with Crippen LogP contribution in [0.4, 0.5) is 5.82 Å². The van der Waals surface area contributed by atoms with Crippen molar-refractivity contribution in [2.75, 3.05) is 12.4 Å². The Kier molecular flexibility index (Phi) is 3.73. The number of rotatable bonds is 3. The maximum Gasteiger partial charge on any atom is 0.221 e. The standard InChI is InChI=1S/C14H23N3O/c1-10-12(15-9-16-13(10)18-4)17-11-6-5-7-14(2,3)8-11/h9,11H,5-8H2,1-4H3,(H,15,16,17). The number of hydrogen-bond donors (Lipinski definition) is 1. The van der Waals surface area contributed by atoms with Crippen LogP contribution in [-0.4, -0.2) is 23.1 Å². The van der Waals surface area contributed by atoms with E-state index in [-0.39, 0.29) is 0 Å². The quantitative estimate of drug-likeness (QED) is 0.893. The summed E-state index contributed by atoms with van der Waals surface area (Å²) >= 11 is 0. The van der Waals surface area contributed by atoms with Gasteiger partial charge in [-0.3, -0.25) is 0 Å². The zero-order chi connectivity index (χ0) is 13.2. The average molecular weight is 249 g/mol. The molecule has 1 atom stereocenters. The Labute approximate surface area is 109 Å². The minimum atomic E-state index is 0.431. The lowest BCUT2D eigenvalue weighted by atomic mass is 9.75. The predicted molar refractivity (Wildman–Crippen MR) is 73.0 cm³/mol. The molecule has 18 heavy (non-hydrogen) atoms. The van der Waals surface area contributed by atoms with Gasteiger partial charge in [0.1, 0.15) is 12.1 Å². The van der Waals surface area contributed by atoms with E-state index in [0.717, 1.165) is 11.4 Å². The van der Waals surface area contributed by atoms with Gasteiger partial charge in [0.05, 0.1) is 12.7 Å². The van der Waals surface area contributed by atoms with Crippen molar-refractivity contribution in [1.29, 1.82) is 0 Å². The van der Waals surface area contributed by atoms with Gasteiger partial charge < -0.3 is 10.1 Å². The van der Waals surface area contributed by atoms with E-state index < -0.39 is 0 Å². The zero-order valence-corrected chi connectivity index (χ0v) is 11.8. The third-order valence-corrected chi connectivity index (χ3v) is 3.78. The normalized spacial score (nSPS) is 22.6. The first kappa shape index (κ1) is 13.1. The monoisotopic (exact) mass is 249 g/mol. The Morgan fingerprint density at radius 3 is 2.83 bits per heavy atom. The van der Waals surface area contributed by atoms with E-state index in [2.05, 4.69) is 29.1 Å². The molecule has 0 aromatic carbocycles. The number of aromatic nitrogens is 2. The molecule has 1 aliphatic carbocycles. The predicted octanol–water partition coefficient (Wildman–Crippen LogP) is 3.17. The molecule has 1 heterocycles. The lowest BCUT2D eigenvalue weighted by Crippen LogP contribution is -2.32. The number of hydrogen-bond acceptors (Lipinski definition) is 4. The molecule has 0 bridgehead atoms. The Hall–Kier alpha value is -1.32. The summed E-state index contributed by atoms with van der Waals surface area (Å²) < 4.78 is 5.22. The molecule has 1 N–H and O–H groups in total. The molecule has 1 aliphatic rings. The van der Waals surface area contributed by atoms with Crippen LogP contribution < -0.4 is 10.1 Å². The van der Waals surface area contributed by atoms with E-state index >= 15 is 0 Å². The molecule has 0 saturated heterocycles. The maximum absolute atomic E-state index is 5.22. The van der Waals surface area contributed by atoms with Crippen LogP contribution in [0.15, 0.2) is 6.33 Å². The summed E-state index contributed by atoms with van der Waals surface area (Å²) in [5.41, 5.74) is 1.42. The van der Waals surface area contributed by atoms with Gasteiger partial charge in [-0.25, -0.2) is 9.97 Å². The van der Waals surface area contributed by atoms with Crippen LogP contribution in [0, 0.1) is 12.3 Å². The van der Waals surface area contributed by atoms with Crippen molar-refractivity contribution >= 4 is 5.82 Å². The zero-order valence-electron chi connectivity index (χ0n) is 11.8. The van der Waals surface area contributed by atoms with Gasteiger partial charge in [-0.05, 0) is 31.6 Å². The van der Waals surface area contributed by atoms with Gasteiger partial charge in [0.2, 0.25) is 5.88 Å². The SMILES string of the molecule is COc1ncnc(NC2CCCC(C)(C)C2)c1C. The van der Waals surface area contributed by atoms with Crippen LogP contribution in [0.5, 0.6) is 5.88 Å². The summed E-state index contributed by atoms with van der Waals surface area (Å²) in [6.45, 7) is 6.68. The van der Waals surface area contributed by atoms with Crippen LogP contribution in [0.25, 0.3) is 0 Å². The molecular weight excluding hydrogens is 226 g/mol. The van der Waals surface area contributed by atoms with E-state index in [1.165, 1.54) is 25.7 Å².